The summed E-state index contributed by atoms with van der Waals surface area (Å²) in [6.45, 7) is 3.56. The molecular formula is C37H39N7O6. The van der Waals surface area contributed by atoms with Crippen molar-refractivity contribution in [3.05, 3.63) is 89.6 Å². The molecular weight excluding hydrogens is 638 g/mol. The Morgan fingerprint density at radius 1 is 0.940 bits per heavy atom. The van der Waals surface area contributed by atoms with Crippen LogP contribution in [0.4, 0.5) is 21.1 Å². The number of anilines is 2. The Bertz CT molecular complexity index is 1880. The molecule has 3 aromatic carbocycles. The molecule has 4 aromatic rings. The van der Waals surface area contributed by atoms with Crippen LogP contribution < -0.4 is 14.5 Å². The van der Waals surface area contributed by atoms with E-state index in [1.165, 1.54) is 4.90 Å². The van der Waals surface area contributed by atoms with Gasteiger partial charge in [-0.05, 0) is 23.4 Å². The van der Waals surface area contributed by atoms with E-state index in [0.29, 0.717) is 39.1 Å². The van der Waals surface area contributed by atoms with Gasteiger partial charge in [-0.15, -0.1) is 0 Å². The van der Waals surface area contributed by atoms with Crippen molar-refractivity contribution < 1.29 is 28.9 Å². The first-order valence-electron chi connectivity index (χ1n) is 16.9. The molecule has 13 heteroatoms. The van der Waals surface area contributed by atoms with Gasteiger partial charge >= 0.3 is 18.2 Å². The predicted molar refractivity (Wildman–Crippen MR) is 185 cm³/mol. The molecule has 13 nitrogen and oxygen atoms in total. The number of carbonyl (C=O) groups is 2. The second-order valence-corrected chi connectivity index (χ2v) is 12.7. The molecule has 1 N–H and O–H groups in total. The monoisotopic (exact) mass is 677 g/mol. The first-order valence-corrected chi connectivity index (χ1v) is 16.9. The summed E-state index contributed by atoms with van der Waals surface area (Å²) in [5.74, 6) is 0.722. The van der Waals surface area contributed by atoms with Crippen LogP contribution in [0.3, 0.4) is 0 Å². The summed E-state index contributed by atoms with van der Waals surface area (Å²) in [6, 6.07) is 26.2. The van der Waals surface area contributed by atoms with Crippen molar-refractivity contribution in [2.24, 2.45) is 0 Å². The summed E-state index contributed by atoms with van der Waals surface area (Å²) in [4.78, 5) is 42.0. The third-order valence-electron chi connectivity index (χ3n) is 9.49. The maximum absolute atomic E-state index is 13.2. The SMILES string of the molecule is N#CC[C@H]1CN(c2nc(OC[C@@H]3CN(C(=O)O)CCO3)nc3c2CCN(c2cccc4ccccc24)C3)CCN1C(=O)OCc1ccccc1. The fourth-order valence-corrected chi connectivity index (χ4v) is 6.94. The third-order valence-corrected chi connectivity index (χ3v) is 9.49. The van der Waals surface area contributed by atoms with Gasteiger partial charge in [0, 0.05) is 49.4 Å². The lowest BCUT2D eigenvalue weighted by molar-refractivity contribution is -0.0425. The van der Waals surface area contributed by atoms with E-state index in [1.54, 1.807) is 4.90 Å². The lowest BCUT2D eigenvalue weighted by Crippen LogP contribution is -2.55. The number of nitrogens with zero attached hydrogens (tertiary/aromatic N) is 7. The number of nitriles is 1. The van der Waals surface area contributed by atoms with E-state index in [-0.39, 0.29) is 38.8 Å². The number of benzene rings is 3. The highest BCUT2D eigenvalue weighted by Crippen LogP contribution is 2.35. The maximum Gasteiger partial charge on any atom is 0.410 e. The van der Waals surface area contributed by atoms with E-state index in [1.807, 2.05) is 42.5 Å². The molecule has 4 heterocycles. The fraction of sp³-hybridized carbons (Fsp3) is 0.378. The summed E-state index contributed by atoms with van der Waals surface area (Å²) >= 11 is 0. The molecule has 1 aromatic heterocycles. The molecule has 0 aliphatic carbocycles. The number of rotatable bonds is 8. The molecule has 50 heavy (non-hydrogen) atoms. The van der Waals surface area contributed by atoms with Crippen LogP contribution in [-0.4, -0.2) is 102 Å². The first-order chi connectivity index (χ1) is 24.5. The molecule has 2 amide bonds. The van der Waals surface area contributed by atoms with Crippen molar-refractivity contribution in [2.75, 3.05) is 62.3 Å². The van der Waals surface area contributed by atoms with Crippen LogP contribution >= 0.6 is 0 Å². The summed E-state index contributed by atoms with van der Waals surface area (Å²) in [5, 5.41) is 21.5. The number of carboxylic acid groups (broad SMARTS) is 1. The molecule has 0 bridgehead atoms. The molecule has 0 unspecified atom stereocenters. The molecule has 0 saturated carbocycles. The van der Waals surface area contributed by atoms with Gasteiger partial charge in [0.05, 0.1) is 43.9 Å². The molecule has 2 saturated heterocycles. The minimum atomic E-state index is -0.992. The van der Waals surface area contributed by atoms with Crippen LogP contribution in [-0.2, 0) is 29.0 Å². The van der Waals surface area contributed by atoms with Gasteiger partial charge < -0.3 is 38.9 Å². The Morgan fingerprint density at radius 3 is 2.60 bits per heavy atom. The van der Waals surface area contributed by atoms with Gasteiger partial charge in [-0.25, -0.2) is 9.59 Å². The molecule has 3 aliphatic heterocycles. The average Bonchev–Trinajstić information content (AvgIpc) is 3.16. The summed E-state index contributed by atoms with van der Waals surface area (Å²) < 4.78 is 17.6. The lowest BCUT2D eigenvalue weighted by Gasteiger charge is -2.42. The quantitative estimate of drug-likeness (QED) is 0.277. The Morgan fingerprint density at radius 2 is 1.76 bits per heavy atom. The van der Waals surface area contributed by atoms with E-state index in [4.69, 9.17) is 24.2 Å². The van der Waals surface area contributed by atoms with Gasteiger partial charge in [-0.1, -0.05) is 66.7 Å². The van der Waals surface area contributed by atoms with E-state index in [9.17, 15) is 20.0 Å². The molecule has 2 fully saturated rings. The normalized spacial score (nSPS) is 19.1. The number of piperazine rings is 1. The number of hydrogen-bond acceptors (Lipinski definition) is 10. The third kappa shape index (κ3) is 7.21. The number of morpholine rings is 1. The Balaban J connectivity index is 1.14. The van der Waals surface area contributed by atoms with Crippen molar-refractivity contribution in [2.45, 2.75) is 38.1 Å². The number of amides is 2. The van der Waals surface area contributed by atoms with Crippen molar-refractivity contribution in [1.29, 1.82) is 5.26 Å². The van der Waals surface area contributed by atoms with Gasteiger partial charge in [0.1, 0.15) is 25.1 Å². The number of aromatic nitrogens is 2. The van der Waals surface area contributed by atoms with Crippen LogP contribution in [0.25, 0.3) is 10.8 Å². The van der Waals surface area contributed by atoms with E-state index >= 15 is 0 Å². The van der Waals surface area contributed by atoms with Crippen molar-refractivity contribution >= 4 is 34.5 Å². The highest BCUT2D eigenvalue weighted by molar-refractivity contribution is 5.94. The number of fused-ring (bicyclic) bond motifs is 2. The minimum absolute atomic E-state index is 0.0904. The lowest BCUT2D eigenvalue weighted by atomic mass is 10.0. The van der Waals surface area contributed by atoms with Gasteiger partial charge in [-0.2, -0.15) is 15.2 Å². The Kier molecular flexibility index (Phi) is 9.79. The summed E-state index contributed by atoms with van der Waals surface area (Å²) in [5.41, 5.74) is 3.86. The zero-order chi connectivity index (χ0) is 34.5. The highest BCUT2D eigenvalue weighted by Gasteiger charge is 2.35. The molecule has 0 spiro atoms. The highest BCUT2D eigenvalue weighted by atomic mass is 16.6. The molecule has 2 atom stereocenters. The average molecular weight is 678 g/mol. The van der Waals surface area contributed by atoms with Crippen molar-refractivity contribution in [1.82, 2.24) is 19.8 Å². The molecule has 0 radical (unpaired) electrons. The van der Waals surface area contributed by atoms with Gasteiger partial charge in [0.25, 0.3) is 0 Å². The zero-order valence-electron chi connectivity index (χ0n) is 27.7. The summed E-state index contributed by atoms with van der Waals surface area (Å²) in [7, 11) is 0. The van der Waals surface area contributed by atoms with Crippen molar-refractivity contribution in [3.8, 4) is 12.1 Å². The molecule has 258 valence electrons. The zero-order valence-corrected chi connectivity index (χ0v) is 27.7. The minimum Gasteiger partial charge on any atom is -0.465 e. The fourth-order valence-electron chi connectivity index (χ4n) is 6.94. The summed E-state index contributed by atoms with van der Waals surface area (Å²) in [6.07, 6.45) is -1.07. The largest absolute Gasteiger partial charge is 0.465 e. The van der Waals surface area contributed by atoms with Crippen LogP contribution in [0.1, 0.15) is 23.2 Å². The number of hydrogen-bond donors (Lipinski definition) is 1. The van der Waals surface area contributed by atoms with Gasteiger partial charge in [0.2, 0.25) is 0 Å². The number of ether oxygens (including phenoxy) is 3. The standard InChI is InChI=1S/C37H39N7O6/c38-15-13-28-21-42(17-18-44(28)37(47)50-24-26-7-2-1-3-8-26)34-31-14-16-41(33-12-6-10-27-9-4-5-11-30(27)33)23-32(31)39-35(40-34)49-25-29-22-43(36(45)46)19-20-48-29/h1-12,28-29H,13-14,16-25H2,(H,45,46)/t28-,29-/m0/s1. The Labute approximate surface area is 290 Å². The first kappa shape index (κ1) is 32.9. The second kappa shape index (κ2) is 14.9. The number of carbonyl (C=O) groups excluding carboxylic acids is 1. The van der Waals surface area contributed by atoms with Crippen LogP contribution in [0.5, 0.6) is 6.01 Å². The molecule has 7 rings (SSSR count). The van der Waals surface area contributed by atoms with E-state index < -0.39 is 24.3 Å². The van der Waals surface area contributed by atoms with Crippen LogP contribution in [0.2, 0.25) is 0 Å². The van der Waals surface area contributed by atoms with Crippen LogP contribution in [0, 0.1) is 11.3 Å². The van der Waals surface area contributed by atoms with E-state index in [0.717, 1.165) is 45.6 Å². The van der Waals surface area contributed by atoms with Gasteiger partial charge in [-0.3, -0.25) is 0 Å². The Hall–Kier alpha value is -5.61. The molecule has 3 aliphatic rings. The topological polar surface area (TPSA) is 145 Å². The van der Waals surface area contributed by atoms with Crippen molar-refractivity contribution in [3.63, 3.8) is 0 Å². The maximum atomic E-state index is 13.2. The van der Waals surface area contributed by atoms with Crippen LogP contribution in [0.15, 0.2) is 72.8 Å². The second-order valence-electron chi connectivity index (χ2n) is 12.7. The predicted octanol–water partition coefficient (Wildman–Crippen LogP) is 4.69. The van der Waals surface area contributed by atoms with E-state index in [2.05, 4.69) is 46.2 Å². The van der Waals surface area contributed by atoms with Gasteiger partial charge in [0.15, 0.2) is 0 Å². The smallest absolute Gasteiger partial charge is 0.410 e.